The summed E-state index contributed by atoms with van der Waals surface area (Å²) in [5, 5.41) is 5.14. The summed E-state index contributed by atoms with van der Waals surface area (Å²) in [6, 6.07) is 1.88. The third-order valence-electron chi connectivity index (χ3n) is 4.05. The van der Waals surface area contributed by atoms with Crippen LogP contribution in [0.15, 0.2) is 0 Å². The zero-order valence-electron chi connectivity index (χ0n) is 9.27. The first-order chi connectivity index (χ1) is 7.34. The molecule has 0 aromatic carbocycles. The van der Waals surface area contributed by atoms with Crippen molar-refractivity contribution in [3.05, 3.63) is 0 Å². The normalized spacial score (nSPS) is 43.4. The van der Waals surface area contributed by atoms with Crippen molar-refractivity contribution in [2.45, 2.75) is 43.8 Å². The monoisotopic (exact) mass is 211 g/mol. The van der Waals surface area contributed by atoms with Gasteiger partial charge in [0, 0.05) is 31.2 Å². The molecule has 0 saturated carbocycles. The van der Waals surface area contributed by atoms with Gasteiger partial charge in [-0.3, -0.25) is 0 Å². The van der Waals surface area contributed by atoms with Crippen molar-refractivity contribution >= 4 is 0 Å². The fourth-order valence-corrected chi connectivity index (χ4v) is 3.44. The van der Waals surface area contributed by atoms with Gasteiger partial charge in [-0.05, 0) is 25.7 Å². The Kier molecular flexibility index (Phi) is 2.68. The van der Waals surface area contributed by atoms with Crippen LogP contribution in [0, 0.1) is 0 Å². The minimum Gasteiger partial charge on any atom is -0.379 e. The van der Waals surface area contributed by atoms with Gasteiger partial charge in [-0.1, -0.05) is 0 Å². The van der Waals surface area contributed by atoms with Gasteiger partial charge >= 0.3 is 0 Å². The Balaban J connectivity index is 1.70. The van der Waals surface area contributed by atoms with Crippen molar-refractivity contribution < 1.29 is 4.74 Å². The summed E-state index contributed by atoms with van der Waals surface area (Å²) >= 11 is 0. The zero-order valence-corrected chi connectivity index (χ0v) is 9.27. The van der Waals surface area contributed by atoms with Crippen LogP contribution < -0.4 is 5.73 Å². The first-order valence-corrected chi connectivity index (χ1v) is 6.21. The maximum Gasteiger partial charge on any atom is 0.0608 e. The Morgan fingerprint density at radius 3 is 2.20 bits per heavy atom. The summed E-state index contributed by atoms with van der Waals surface area (Å²) in [5.41, 5.74) is 6.08. The number of hydrogen-bond donors (Lipinski definition) is 1. The quantitative estimate of drug-likeness (QED) is 0.672. The highest BCUT2D eigenvalue weighted by molar-refractivity contribution is 4.95. The maximum absolute atomic E-state index is 6.08. The lowest BCUT2D eigenvalue weighted by Gasteiger charge is -2.45. The number of ether oxygens (including phenoxy) is 1. The molecule has 3 fully saturated rings. The van der Waals surface area contributed by atoms with E-state index >= 15 is 0 Å². The molecular formula is C11H21N3O. The molecule has 3 heterocycles. The molecule has 3 saturated heterocycles. The summed E-state index contributed by atoms with van der Waals surface area (Å²) in [6.07, 6.45) is 5.06. The van der Waals surface area contributed by atoms with Crippen LogP contribution in [-0.2, 0) is 4.74 Å². The molecule has 0 amide bonds. The van der Waals surface area contributed by atoms with Crippen molar-refractivity contribution in [1.29, 1.82) is 0 Å². The molecule has 4 heteroatoms. The highest BCUT2D eigenvalue weighted by atomic mass is 16.5. The smallest absolute Gasteiger partial charge is 0.0608 e. The maximum atomic E-state index is 6.08. The lowest BCUT2D eigenvalue weighted by molar-refractivity contribution is -0.131. The molecular weight excluding hydrogens is 190 g/mol. The van der Waals surface area contributed by atoms with Crippen molar-refractivity contribution in [3.8, 4) is 0 Å². The van der Waals surface area contributed by atoms with Gasteiger partial charge in [0.15, 0.2) is 0 Å². The number of fused-ring (bicyclic) bond motifs is 2. The van der Waals surface area contributed by atoms with Gasteiger partial charge in [-0.25, -0.2) is 10.0 Å². The molecule has 0 radical (unpaired) electrons. The Morgan fingerprint density at radius 2 is 1.60 bits per heavy atom. The summed E-state index contributed by atoms with van der Waals surface area (Å²) < 4.78 is 5.41. The molecule has 3 aliphatic rings. The number of rotatable bonds is 1. The van der Waals surface area contributed by atoms with E-state index in [1.54, 1.807) is 0 Å². The molecule has 2 atom stereocenters. The Bertz CT molecular complexity index is 216. The topological polar surface area (TPSA) is 41.7 Å². The zero-order chi connectivity index (χ0) is 10.3. The average molecular weight is 211 g/mol. The largest absolute Gasteiger partial charge is 0.379 e. The molecule has 86 valence electrons. The van der Waals surface area contributed by atoms with E-state index in [-0.39, 0.29) is 0 Å². The van der Waals surface area contributed by atoms with E-state index in [0.717, 1.165) is 38.4 Å². The number of nitrogens with zero attached hydrogens (tertiary/aromatic N) is 2. The van der Waals surface area contributed by atoms with Crippen LogP contribution in [0.1, 0.15) is 25.7 Å². The minimum atomic E-state index is 0.444. The van der Waals surface area contributed by atoms with Gasteiger partial charge in [0.05, 0.1) is 13.2 Å². The Morgan fingerprint density at radius 1 is 1.00 bits per heavy atom. The molecule has 0 aromatic heterocycles. The number of hydrogen-bond acceptors (Lipinski definition) is 4. The molecule has 0 spiro atoms. The highest BCUT2D eigenvalue weighted by Crippen LogP contribution is 2.36. The first-order valence-electron chi connectivity index (χ1n) is 6.21. The van der Waals surface area contributed by atoms with E-state index in [2.05, 4.69) is 10.0 Å². The second-order valence-corrected chi connectivity index (χ2v) is 5.06. The van der Waals surface area contributed by atoms with E-state index < -0.39 is 0 Å². The minimum absolute atomic E-state index is 0.444. The molecule has 3 aliphatic heterocycles. The first kappa shape index (κ1) is 10.0. The SMILES string of the molecule is NC1CC2CCC(C1)N2N1CCOCC1. The molecule has 2 unspecified atom stereocenters. The summed E-state index contributed by atoms with van der Waals surface area (Å²) in [6.45, 7) is 3.93. The summed E-state index contributed by atoms with van der Waals surface area (Å²) in [5.74, 6) is 0. The average Bonchev–Trinajstić information content (AvgIpc) is 2.53. The third kappa shape index (κ3) is 1.80. The Labute approximate surface area is 91.3 Å². The van der Waals surface area contributed by atoms with E-state index in [1.807, 2.05) is 0 Å². The van der Waals surface area contributed by atoms with Crippen molar-refractivity contribution in [1.82, 2.24) is 10.0 Å². The predicted octanol–water partition coefficient (Wildman–Crippen LogP) is 0.188. The lowest BCUT2D eigenvalue weighted by atomic mass is 10.00. The van der Waals surface area contributed by atoms with Crippen LogP contribution in [0.4, 0.5) is 0 Å². The second-order valence-electron chi connectivity index (χ2n) is 5.06. The second kappa shape index (κ2) is 4.01. The molecule has 2 bridgehead atoms. The third-order valence-corrected chi connectivity index (χ3v) is 4.05. The van der Waals surface area contributed by atoms with E-state index in [9.17, 15) is 0 Å². The molecule has 0 aliphatic carbocycles. The number of piperidine rings is 1. The molecule has 4 nitrogen and oxygen atoms in total. The molecule has 2 N–H and O–H groups in total. The number of morpholine rings is 1. The standard InChI is InChI=1S/C11H21N3O/c12-9-7-10-1-2-11(8-9)14(10)13-3-5-15-6-4-13/h9-11H,1-8,12H2. The summed E-state index contributed by atoms with van der Waals surface area (Å²) in [4.78, 5) is 0. The Hall–Kier alpha value is -0.160. The van der Waals surface area contributed by atoms with Gasteiger partial charge in [0.1, 0.15) is 0 Å². The number of hydrazine groups is 1. The lowest BCUT2D eigenvalue weighted by Crippen LogP contribution is -2.58. The fourth-order valence-electron chi connectivity index (χ4n) is 3.44. The fraction of sp³-hybridized carbons (Fsp3) is 1.00. The van der Waals surface area contributed by atoms with E-state index in [0.29, 0.717) is 6.04 Å². The van der Waals surface area contributed by atoms with Crippen LogP contribution in [0.25, 0.3) is 0 Å². The molecule has 15 heavy (non-hydrogen) atoms. The van der Waals surface area contributed by atoms with Crippen LogP contribution in [0.3, 0.4) is 0 Å². The van der Waals surface area contributed by atoms with Crippen LogP contribution in [-0.4, -0.2) is 54.4 Å². The van der Waals surface area contributed by atoms with Gasteiger partial charge < -0.3 is 10.5 Å². The van der Waals surface area contributed by atoms with Crippen LogP contribution in [0.5, 0.6) is 0 Å². The van der Waals surface area contributed by atoms with Crippen LogP contribution >= 0.6 is 0 Å². The van der Waals surface area contributed by atoms with Crippen molar-refractivity contribution in [3.63, 3.8) is 0 Å². The van der Waals surface area contributed by atoms with Crippen molar-refractivity contribution in [2.75, 3.05) is 26.3 Å². The van der Waals surface area contributed by atoms with Gasteiger partial charge in [0.25, 0.3) is 0 Å². The highest BCUT2D eigenvalue weighted by Gasteiger charge is 2.42. The predicted molar refractivity (Wildman–Crippen MR) is 58.3 cm³/mol. The van der Waals surface area contributed by atoms with Gasteiger partial charge in [-0.2, -0.15) is 0 Å². The van der Waals surface area contributed by atoms with Crippen molar-refractivity contribution in [2.24, 2.45) is 5.73 Å². The van der Waals surface area contributed by atoms with E-state index in [4.69, 9.17) is 10.5 Å². The molecule has 0 aromatic rings. The van der Waals surface area contributed by atoms with Gasteiger partial charge in [0.2, 0.25) is 0 Å². The van der Waals surface area contributed by atoms with Crippen LogP contribution in [0.2, 0.25) is 0 Å². The van der Waals surface area contributed by atoms with Gasteiger partial charge in [-0.15, -0.1) is 0 Å². The molecule has 3 rings (SSSR count). The number of nitrogens with two attached hydrogens (primary N) is 1. The summed E-state index contributed by atoms with van der Waals surface area (Å²) in [7, 11) is 0. The van der Waals surface area contributed by atoms with E-state index in [1.165, 1.54) is 25.7 Å².